The van der Waals surface area contributed by atoms with Crippen molar-refractivity contribution in [1.29, 1.82) is 0 Å². The number of nitro groups is 1. The lowest BCUT2D eigenvalue weighted by Gasteiger charge is -2.30. The molecule has 1 unspecified atom stereocenters. The Morgan fingerprint density at radius 3 is 2.89 bits per heavy atom. The second kappa shape index (κ2) is 5.06. The van der Waals surface area contributed by atoms with Crippen molar-refractivity contribution in [3.8, 4) is 0 Å². The minimum atomic E-state index is -0.418. The molecule has 5 nitrogen and oxygen atoms in total. The quantitative estimate of drug-likeness (QED) is 0.479. The van der Waals surface area contributed by atoms with Crippen LogP contribution in [0.5, 0.6) is 0 Å². The molecule has 18 heavy (non-hydrogen) atoms. The topological polar surface area (TPSA) is 63.5 Å². The van der Waals surface area contributed by atoms with E-state index in [9.17, 15) is 14.9 Å². The van der Waals surface area contributed by atoms with Gasteiger partial charge in [-0.2, -0.15) is 0 Å². The molecule has 96 valence electrons. The summed E-state index contributed by atoms with van der Waals surface area (Å²) in [6.07, 6.45) is 1.70. The molecule has 1 aliphatic heterocycles. The molecule has 0 aliphatic carbocycles. The van der Waals surface area contributed by atoms with Crippen LogP contribution < -0.4 is 4.90 Å². The Morgan fingerprint density at radius 1 is 1.50 bits per heavy atom. The zero-order chi connectivity index (χ0) is 13.3. The SMILES string of the molecule is Cc1c(N2CCCC(Br)C2=O)cccc1[N+](=O)[O-]. The summed E-state index contributed by atoms with van der Waals surface area (Å²) in [5.41, 5.74) is 1.23. The van der Waals surface area contributed by atoms with E-state index in [1.54, 1.807) is 24.0 Å². The van der Waals surface area contributed by atoms with Crippen molar-refractivity contribution in [3.63, 3.8) is 0 Å². The number of carbonyl (C=O) groups is 1. The summed E-state index contributed by atoms with van der Waals surface area (Å²) in [4.78, 5) is 24.0. The van der Waals surface area contributed by atoms with Crippen LogP contribution in [0.1, 0.15) is 18.4 Å². The van der Waals surface area contributed by atoms with Crippen molar-refractivity contribution in [2.45, 2.75) is 24.6 Å². The number of amides is 1. The van der Waals surface area contributed by atoms with Gasteiger partial charge in [-0.25, -0.2) is 0 Å². The van der Waals surface area contributed by atoms with Gasteiger partial charge in [0.1, 0.15) is 0 Å². The van der Waals surface area contributed by atoms with E-state index in [0.29, 0.717) is 17.8 Å². The highest BCUT2D eigenvalue weighted by Crippen LogP contribution is 2.31. The van der Waals surface area contributed by atoms with E-state index in [1.165, 1.54) is 6.07 Å². The number of alkyl halides is 1. The molecule has 6 heteroatoms. The second-order valence-corrected chi connectivity index (χ2v) is 5.38. The van der Waals surface area contributed by atoms with Crippen LogP contribution in [-0.4, -0.2) is 22.2 Å². The highest BCUT2D eigenvalue weighted by atomic mass is 79.9. The predicted octanol–water partition coefficient (Wildman–Crippen LogP) is 2.79. The molecule has 0 radical (unpaired) electrons. The molecule has 1 aliphatic rings. The molecule has 1 saturated heterocycles. The van der Waals surface area contributed by atoms with Gasteiger partial charge in [0, 0.05) is 12.6 Å². The van der Waals surface area contributed by atoms with Crippen molar-refractivity contribution < 1.29 is 9.72 Å². The van der Waals surface area contributed by atoms with E-state index < -0.39 is 4.92 Å². The molecule has 1 heterocycles. The van der Waals surface area contributed by atoms with E-state index in [0.717, 1.165) is 12.8 Å². The number of hydrogen-bond donors (Lipinski definition) is 0. The van der Waals surface area contributed by atoms with Crippen molar-refractivity contribution in [3.05, 3.63) is 33.9 Å². The second-order valence-electron chi connectivity index (χ2n) is 4.28. The Morgan fingerprint density at radius 2 is 2.22 bits per heavy atom. The van der Waals surface area contributed by atoms with Crippen molar-refractivity contribution >= 4 is 33.2 Å². The maximum atomic E-state index is 12.1. The van der Waals surface area contributed by atoms with Crippen LogP contribution in [0, 0.1) is 17.0 Å². The summed E-state index contributed by atoms with van der Waals surface area (Å²) in [5, 5.41) is 10.9. The zero-order valence-electron chi connectivity index (χ0n) is 9.93. The lowest BCUT2D eigenvalue weighted by Crippen LogP contribution is -2.42. The minimum Gasteiger partial charge on any atom is -0.311 e. The predicted molar refractivity (Wildman–Crippen MR) is 72.1 cm³/mol. The number of benzene rings is 1. The van der Waals surface area contributed by atoms with Crippen LogP contribution >= 0.6 is 15.9 Å². The molecule has 1 amide bonds. The van der Waals surface area contributed by atoms with Crippen LogP contribution in [0.25, 0.3) is 0 Å². The molecule has 1 fully saturated rings. The van der Waals surface area contributed by atoms with Crippen LogP contribution in [-0.2, 0) is 4.79 Å². The third-order valence-electron chi connectivity index (χ3n) is 3.14. The number of carbonyl (C=O) groups excluding carboxylic acids is 1. The van der Waals surface area contributed by atoms with Gasteiger partial charge in [0.2, 0.25) is 5.91 Å². The van der Waals surface area contributed by atoms with Gasteiger partial charge < -0.3 is 4.90 Å². The molecule has 0 aromatic heterocycles. The van der Waals surface area contributed by atoms with Crippen molar-refractivity contribution in [1.82, 2.24) is 0 Å². The monoisotopic (exact) mass is 312 g/mol. The number of hydrogen-bond acceptors (Lipinski definition) is 3. The normalized spacial score (nSPS) is 20.0. The van der Waals surface area contributed by atoms with Crippen LogP contribution in [0.4, 0.5) is 11.4 Å². The summed E-state index contributed by atoms with van der Waals surface area (Å²) in [6.45, 7) is 2.29. The minimum absolute atomic E-state index is 0.0233. The number of nitrogens with zero attached hydrogens (tertiary/aromatic N) is 2. The van der Waals surface area contributed by atoms with Gasteiger partial charge in [-0.3, -0.25) is 14.9 Å². The maximum Gasteiger partial charge on any atom is 0.274 e. The van der Waals surface area contributed by atoms with Gasteiger partial charge in [0.25, 0.3) is 5.69 Å². The smallest absolute Gasteiger partial charge is 0.274 e. The van der Waals surface area contributed by atoms with E-state index in [4.69, 9.17) is 0 Å². The lowest BCUT2D eigenvalue weighted by atomic mass is 10.1. The first kappa shape index (κ1) is 13.0. The third kappa shape index (κ3) is 2.25. The highest BCUT2D eigenvalue weighted by Gasteiger charge is 2.29. The Labute approximate surface area is 113 Å². The molecular weight excluding hydrogens is 300 g/mol. The largest absolute Gasteiger partial charge is 0.311 e. The van der Waals surface area contributed by atoms with Crippen molar-refractivity contribution in [2.75, 3.05) is 11.4 Å². The molecular formula is C12H13BrN2O3. The maximum absolute atomic E-state index is 12.1. The van der Waals surface area contributed by atoms with Gasteiger partial charge in [0.05, 0.1) is 21.0 Å². The van der Waals surface area contributed by atoms with E-state index >= 15 is 0 Å². The average Bonchev–Trinajstić information content (AvgIpc) is 2.33. The fourth-order valence-electron chi connectivity index (χ4n) is 2.17. The van der Waals surface area contributed by atoms with Crippen LogP contribution in [0.3, 0.4) is 0 Å². The summed E-state index contributed by atoms with van der Waals surface area (Å²) in [6, 6.07) is 4.83. The number of rotatable bonds is 2. The summed E-state index contributed by atoms with van der Waals surface area (Å²) >= 11 is 3.34. The van der Waals surface area contributed by atoms with Gasteiger partial charge >= 0.3 is 0 Å². The van der Waals surface area contributed by atoms with Crippen LogP contribution in [0.15, 0.2) is 18.2 Å². The zero-order valence-corrected chi connectivity index (χ0v) is 11.5. The Hall–Kier alpha value is -1.43. The Balaban J connectivity index is 2.42. The van der Waals surface area contributed by atoms with E-state index in [2.05, 4.69) is 15.9 Å². The van der Waals surface area contributed by atoms with Crippen molar-refractivity contribution in [2.24, 2.45) is 0 Å². The number of halogens is 1. The third-order valence-corrected chi connectivity index (χ3v) is 3.99. The van der Waals surface area contributed by atoms with Gasteiger partial charge in [0.15, 0.2) is 0 Å². The fourth-order valence-corrected chi connectivity index (χ4v) is 2.74. The molecule has 1 aromatic rings. The summed E-state index contributed by atoms with van der Waals surface area (Å²) in [5.74, 6) is -0.0233. The van der Waals surface area contributed by atoms with Crippen LogP contribution in [0.2, 0.25) is 0 Å². The summed E-state index contributed by atoms with van der Waals surface area (Å²) < 4.78 is 0. The molecule has 0 saturated carbocycles. The van der Waals surface area contributed by atoms with Gasteiger partial charge in [-0.1, -0.05) is 22.0 Å². The molecule has 2 rings (SSSR count). The standard InChI is InChI=1S/C12H13BrN2O3/c1-8-10(5-2-6-11(8)15(17)18)14-7-3-4-9(13)12(14)16/h2,5-6,9H,3-4,7H2,1H3. The van der Waals surface area contributed by atoms with Gasteiger partial charge in [-0.15, -0.1) is 0 Å². The molecule has 1 atom stereocenters. The molecule has 1 aromatic carbocycles. The molecule has 0 spiro atoms. The first-order valence-electron chi connectivity index (χ1n) is 5.72. The summed E-state index contributed by atoms with van der Waals surface area (Å²) in [7, 11) is 0. The fraction of sp³-hybridized carbons (Fsp3) is 0.417. The number of piperidine rings is 1. The highest BCUT2D eigenvalue weighted by molar-refractivity contribution is 9.10. The van der Waals surface area contributed by atoms with E-state index in [-0.39, 0.29) is 16.4 Å². The number of nitro benzene ring substituents is 1. The number of anilines is 1. The first-order valence-corrected chi connectivity index (χ1v) is 6.63. The first-order chi connectivity index (χ1) is 8.52. The Kier molecular flexibility index (Phi) is 3.65. The molecule has 0 bridgehead atoms. The average molecular weight is 313 g/mol. The van der Waals surface area contributed by atoms with Gasteiger partial charge in [-0.05, 0) is 25.8 Å². The Bertz CT molecular complexity index is 504. The lowest BCUT2D eigenvalue weighted by molar-refractivity contribution is -0.385. The van der Waals surface area contributed by atoms with E-state index in [1.807, 2.05) is 0 Å². The molecule has 0 N–H and O–H groups in total.